The number of carbonyl (C=O) groups excluding carboxylic acids is 1. The van der Waals surface area contributed by atoms with E-state index in [1.807, 2.05) is 34.5 Å². The topological polar surface area (TPSA) is 59.2 Å². The fraction of sp³-hybridized carbons (Fsp3) is 0.278. The van der Waals surface area contributed by atoms with E-state index < -0.39 is 0 Å². The normalized spacial score (nSPS) is 17.6. The van der Waals surface area contributed by atoms with Gasteiger partial charge in [0, 0.05) is 13.0 Å². The van der Waals surface area contributed by atoms with E-state index >= 15 is 0 Å². The molecule has 3 heterocycles. The lowest BCUT2D eigenvalue weighted by molar-refractivity contribution is -0.130. The summed E-state index contributed by atoms with van der Waals surface area (Å²) in [7, 11) is 0. The van der Waals surface area contributed by atoms with Crippen molar-refractivity contribution >= 4 is 17.2 Å². The van der Waals surface area contributed by atoms with E-state index in [-0.39, 0.29) is 11.9 Å². The van der Waals surface area contributed by atoms with Gasteiger partial charge in [-0.25, -0.2) is 0 Å². The number of aryl methyl sites for hydroxylation is 1. The average Bonchev–Trinajstić information content (AvgIpc) is 3.31. The molecule has 5 nitrogen and oxygen atoms in total. The molecule has 0 N–H and O–H groups in total. The van der Waals surface area contributed by atoms with Crippen molar-refractivity contribution < 1.29 is 9.32 Å². The zero-order valence-corrected chi connectivity index (χ0v) is 14.1. The Bertz CT molecular complexity index is 857. The first-order valence-electron chi connectivity index (χ1n) is 7.94. The third-order valence-electron chi connectivity index (χ3n) is 4.40. The van der Waals surface area contributed by atoms with Gasteiger partial charge in [-0.1, -0.05) is 35.5 Å². The highest BCUT2D eigenvalue weighted by Gasteiger charge is 2.36. The van der Waals surface area contributed by atoms with Crippen LogP contribution in [-0.4, -0.2) is 20.9 Å². The van der Waals surface area contributed by atoms with Gasteiger partial charge in [-0.05, 0) is 35.9 Å². The summed E-state index contributed by atoms with van der Waals surface area (Å²) < 4.78 is 5.47. The molecule has 3 aromatic rings. The van der Waals surface area contributed by atoms with Crippen LogP contribution in [0.5, 0.6) is 0 Å². The molecule has 0 bridgehead atoms. The van der Waals surface area contributed by atoms with Crippen LogP contribution < -0.4 is 0 Å². The zero-order chi connectivity index (χ0) is 16.5. The molecule has 1 aromatic carbocycles. The van der Waals surface area contributed by atoms with Crippen molar-refractivity contribution in [2.75, 3.05) is 0 Å². The lowest BCUT2D eigenvalue weighted by atomic mass is 10.1. The highest BCUT2D eigenvalue weighted by Crippen LogP contribution is 2.34. The van der Waals surface area contributed by atoms with Crippen molar-refractivity contribution in [3.63, 3.8) is 0 Å². The molecule has 6 heteroatoms. The summed E-state index contributed by atoms with van der Waals surface area (Å²) >= 11 is 1.57. The monoisotopic (exact) mass is 339 g/mol. The van der Waals surface area contributed by atoms with Crippen LogP contribution in [0, 0.1) is 6.92 Å². The lowest BCUT2D eigenvalue weighted by Gasteiger charge is -2.23. The molecular formula is C18H17N3O2S. The SMILES string of the molecule is Cc1ccccc1CN1C(=O)CCC1c1nc(-c2cccs2)no1. The maximum atomic E-state index is 12.3. The van der Waals surface area contributed by atoms with Gasteiger partial charge < -0.3 is 9.42 Å². The zero-order valence-electron chi connectivity index (χ0n) is 13.3. The predicted octanol–water partition coefficient (Wildman–Crippen LogP) is 3.97. The summed E-state index contributed by atoms with van der Waals surface area (Å²) in [5, 5.41) is 6.05. The van der Waals surface area contributed by atoms with Gasteiger partial charge in [0.2, 0.25) is 17.6 Å². The first-order valence-corrected chi connectivity index (χ1v) is 8.82. The van der Waals surface area contributed by atoms with Crippen molar-refractivity contribution in [1.82, 2.24) is 15.0 Å². The summed E-state index contributed by atoms with van der Waals surface area (Å²) in [6, 6.07) is 11.9. The van der Waals surface area contributed by atoms with Crippen molar-refractivity contribution in [1.29, 1.82) is 0 Å². The molecule has 1 aliphatic heterocycles. The molecule has 1 aliphatic rings. The number of carbonyl (C=O) groups is 1. The van der Waals surface area contributed by atoms with Crippen LogP contribution in [0.1, 0.15) is 35.9 Å². The van der Waals surface area contributed by atoms with Gasteiger partial charge in [0.1, 0.15) is 6.04 Å². The Morgan fingerprint density at radius 3 is 2.96 bits per heavy atom. The van der Waals surface area contributed by atoms with Gasteiger partial charge in [-0.15, -0.1) is 11.3 Å². The molecule has 0 aliphatic carbocycles. The molecular weight excluding hydrogens is 322 g/mol. The standard InChI is InChI=1S/C18H17N3O2S/c1-12-5-2-3-6-13(12)11-21-14(8-9-16(21)22)18-19-17(20-23-18)15-7-4-10-24-15/h2-7,10,14H,8-9,11H2,1H3. The predicted molar refractivity (Wildman–Crippen MR) is 91.3 cm³/mol. The molecule has 122 valence electrons. The fourth-order valence-corrected chi connectivity index (χ4v) is 3.69. The molecule has 1 unspecified atom stereocenters. The Kier molecular flexibility index (Phi) is 3.90. The molecule has 0 spiro atoms. The number of likely N-dealkylation sites (tertiary alicyclic amines) is 1. The minimum Gasteiger partial charge on any atom is -0.337 e. The number of aromatic nitrogens is 2. The van der Waals surface area contributed by atoms with Crippen LogP contribution in [0.15, 0.2) is 46.3 Å². The molecule has 1 atom stereocenters. The molecule has 1 fully saturated rings. The second-order valence-corrected chi connectivity index (χ2v) is 6.88. The maximum absolute atomic E-state index is 12.3. The number of nitrogens with zero attached hydrogens (tertiary/aromatic N) is 3. The Labute approximate surface area is 143 Å². The Hall–Kier alpha value is -2.47. The Balaban J connectivity index is 1.60. The van der Waals surface area contributed by atoms with E-state index in [4.69, 9.17) is 4.52 Å². The summed E-state index contributed by atoms with van der Waals surface area (Å²) in [5.41, 5.74) is 2.33. The summed E-state index contributed by atoms with van der Waals surface area (Å²) in [5.74, 6) is 1.26. The van der Waals surface area contributed by atoms with Crippen molar-refractivity contribution in [3.05, 3.63) is 58.8 Å². The molecule has 24 heavy (non-hydrogen) atoms. The van der Waals surface area contributed by atoms with Crippen molar-refractivity contribution in [2.24, 2.45) is 0 Å². The average molecular weight is 339 g/mol. The summed E-state index contributed by atoms with van der Waals surface area (Å²) in [6.45, 7) is 2.64. The van der Waals surface area contributed by atoms with Gasteiger partial charge in [-0.3, -0.25) is 4.79 Å². The lowest BCUT2D eigenvalue weighted by Crippen LogP contribution is -2.27. The summed E-state index contributed by atoms with van der Waals surface area (Å²) in [6.07, 6.45) is 1.24. The first kappa shape index (κ1) is 15.1. The number of hydrogen-bond acceptors (Lipinski definition) is 5. The van der Waals surface area contributed by atoms with E-state index in [0.29, 0.717) is 24.7 Å². The second kappa shape index (κ2) is 6.20. The van der Waals surface area contributed by atoms with Gasteiger partial charge in [0.15, 0.2) is 0 Å². The molecule has 4 rings (SSSR count). The minimum absolute atomic E-state index is 0.138. The molecule has 2 aromatic heterocycles. The van der Waals surface area contributed by atoms with Crippen LogP contribution in [0.3, 0.4) is 0 Å². The number of hydrogen-bond donors (Lipinski definition) is 0. The number of rotatable bonds is 4. The van der Waals surface area contributed by atoms with Crippen LogP contribution in [0.25, 0.3) is 10.7 Å². The van der Waals surface area contributed by atoms with Gasteiger partial charge in [0.25, 0.3) is 0 Å². The fourth-order valence-electron chi connectivity index (χ4n) is 3.04. The van der Waals surface area contributed by atoms with Crippen LogP contribution in [0.2, 0.25) is 0 Å². The van der Waals surface area contributed by atoms with E-state index in [2.05, 4.69) is 29.2 Å². The van der Waals surface area contributed by atoms with Gasteiger partial charge in [-0.2, -0.15) is 4.98 Å². The van der Waals surface area contributed by atoms with Gasteiger partial charge in [0.05, 0.1) is 4.88 Å². The van der Waals surface area contributed by atoms with Crippen LogP contribution in [0.4, 0.5) is 0 Å². The minimum atomic E-state index is -0.140. The number of benzene rings is 1. The third-order valence-corrected chi connectivity index (χ3v) is 5.26. The van der Waals surface area contributed by atoms with Crippen molar-refractivity contribution in [3.8, 4) is 10.7 Å². The smallest absolute Gasteiger partial charge is 0.249 e. The van der Waals surface area contributed by atoms with E-state index in [0.717, 1.165) is 16.9 Å². The molecule has 1 saturated heterocycles. The number of thiophene rings is 1. The van der Waals surface area contributed by atoms with Crippen molar-refractivity contribution in [2.45, 2.75) is 32.4 Å². The van der Waals surface area contributed by atoms with E-state index in [1.54, 1.807) is 11.3 Å². The van der Waals surface area contributed by atoms with E-state index in [1.165, 1.54) is 5.56 Å². The molecule has 0 saturated carbocycles. The highest BCUT2D eigenvalue weighted by molar-refractivity contribution is 7.13. The Morgan fingerprint density at radius 2 is 2.17 bits per heavy atom. The number of amides is 1. The maximum Gasteiger partial charge on any atom is 0.249 e. The van der Waals surface area contributed by atoms with E-state index in [9.17, 15) is 4.79 Å². The largest absolute Gasteiger partial charge is 0.337 e. The quantitative estimate of drug-likeness (QED) is 0.721. The molecule has 1 amide bonds. The first-order chi connectivity index (χ1) is 11.7. The van der Waals surface area contributed by atoms with Crippen LogP contribution >= 0.6 is 11.3 Å². The van der Waals surface area contributed by atoms with Crippen LogP contribution in [-0.2, 0) is 11.3 Å². The van der Waals surface area contributed by atoms with Gasteiger partial charge >= 0.3 is 0 Å². The second-order valence-electron chi connectivity index (χ2n) is 5.94. The summed E-state index contributed by atoms with van der Waals surface area (Å²) in [4.78, 5) is 19.7. The molecule has 0 radical (unpaired) electrons. The Morgan fingerprint density at radius 1 is 1.29 bits per heavy atom. The highest BCUT2D eigenvalue weighted by atomic mass is 32.1. The third kappa shape index (κ3) is 2.73.